The van der Waals surface area contributed by atoms with Crippen molar-refractivity contribution in [1.82, 2.24) is 4.98 Å². The molecule has 0 amide bonds. The van der Waals surface area contributed by atoms with Crippen LogP contribution in [0.15, 0.2) is 35.4 Å². The van der Waals surface area contributed by atoms with Gasteiger partial charge in [-0.2, -0.15) is 0 Å². The first-order valence-corrected chi connectivity index (χ1v) is 5.50. The Bertz CT molecular complexity index is 442. The van der Waals surface area contributed by atoms with Crippen LogP contribution in [0, 0.1) is 0 Å². The van der Waals surface area contributed by atoms with E-state index in [9.17, 15) is 0 Å². The third kappa shape index (κ3) is 1.64. The molecule has 0 aliphatic carbocycles. The van der Waals surface area contributed by atoms with E-state index in [1.165, 1.54) is 4.90 Å². The van der Waals surface area contributed by atoms with Crippen LogP contribution in [0.5, 0.6) is 0 Å². The molecule has 0 saturated heterocycles. The van der Waals surface area contributed by atoms with Crippen LogP contribution in [-0.2, 0) is 0 Å². The average molecular weight is 210 g/mol. The lowest BCUT2D eigenvalue weighted by molar-refractivity contribution is 1.38. The maximum Gasteiger partial charge on any atom is 0.0728 e. The summed E-state index contributed by atoms with van der Waals surface area (Å²) in [4.78, 5) is 5.46. The van der Waals surface area contributed by atoms with Crippen molar-refractivity contribution in [3.8, 4) is 0 Å². The summed E-state index contributed by atoms with van der Waals surface area (Å²) in [5, 5.41) is 1.78. The van der Waals surface area contributed by atoms with E-state index in [4.69, 9.17) is 11.6 Å². The Balaban J connectivity index is 2.72. The molecule has 0 aliphatic rings. The van der Waals surface area contributed by atoms with Gasteiger partial charge >= 0.3 is 0 Å². The summed E-state index contributed by atoms with van der Waals surface area (Å²) in [6.07, 6.45) is 3.78. The summed E-state index contributed by atoms with van der Waals surface area (Å²) in [6, 6.07) is 7.92. The Morgan fingerprint density at radius 1 is 1.31 bits per heavy atom. The highest BCUT2D eigenvalue weighted by atomic mass is 35.5. The molecular weight excluding hydrogens is 202 g/mol. The van der Waals surface area contributed by atoms with E-state index in [0.717, 1.165) is 15.9 Å². The molecule has 66 valence electrons. The number of benzene rings is 1. The van der Waals surface area contributed by atoms with E-state index in [2.05, 4.69) is 11.1 Å². The van der Waals surface area contributed by atoms with Crippen molar-refractivity contribution in [2.24, 2.45) is 0 Å². The first-order valence-electron chi connectivity index (χ1n) is 3.89. The number of aromatic nitrogens is 1. The SMILES string of the molecule is CSc1ccc2c(Cl)ccnc2c1. The number of hydrogen-bond donors (Lipinski definition) is 0. The smallest absolute Gasteiger partial charge is 0.0728 e. The van der Waals surface area contributed by atoms with E-state index in [0.29, 0.717) is 0 Å². The summed E-state index contributed by atoms with van der Waals surface area (Å²) < 4.78 is 0. The number of hydrogen-bond acceptors (Lipinski definition) is 2. The lowest BCUT2D eigenvalue weighted by atomic mass is 10.2. The van der Waals surface area contributed by atoms with E-state index in [1.807, 2.05) is 24.5 Å². The topological polar surface area (TPSA) is 12.9 Å². The number of thioether (sulfide) groups is 1. The van der Waals surface area contributed by atoms with Crippen molar-refractivity contribution in [2.45, 2.75) is 4.90 Å². The zero-order valence-electron chi connectivity index (χ0n) is 7.12. The molecule has 2 aromatic rings. The molecule has 1 aromatic carbocycles. The molecule has 0 N–H and O–H groups in total. The van der Waals surface area contributed by atoms with Crippen LogP contribution >= 0.6 is 23.4 Å². The molecule has 0 spiro atoms. The number of rotatable bonds is 1. The minimum atomic E-state index is 0.762. The van der Waals surface area contributed by atoms with Gasteiger partial charge in [-0.3, -0.25) is 4.98 Å². The molecular formula is C10H8ClNS. The van der Waals surface area contributed by atoms with Gasteiger partial charge in [-0.15, -0.1) is 11.8 Å². The number of nitrogens with zero attached hydrogens (tertiary/aromatic N) is 1. The normalized spacial score (nSPS) is 10.6. The molecule has 0 saturated carbocycles. The van der Waals surface area contributed by atoms with Crippen molar-refractivity contribution < 1.29 is 0 Å². The fourth-order valence-electron chi connectivity index (χ4n) is 1.22. The van der Waals surface area contributed by atoms with Gasteiger partial charge in [-0.1, -0.05) is 17.7 Å². The largest absolute Gasteiger partial charge is 0.256 e. The van der Waals surface area contributed by atoms with Crippen LogP contribution in [0.25, 0.3) is 10.9 Å². The maximum atomic E-state index is 6.01. The van der Waals surface area contributed by atoms with Crippen LogP contribution < -0.4 is 0 Å². The summed E-state index contributed by atoms with van der Waals surface area (Å²) in [5.41, 5.74) is 0.958. The number of fused-ring (bicyclic) bond motifs is 1. The lowest BCUT2D eigenvalue weighted by Gasteiger charge is -2.00. The summed E-state index contributed by atoms with van der Waals surface area (Å²) in [6.45, 7) is 0. The quantitative estimate of drug-likeness (QED) is 0.666. The Morgan fingerprint density at radius 3 is 2.92 bits per heavy atom. The molecule has 2 rings (SSSR count). The maximum absolute atomic E-state index is 6.01. The molecule has 0 bridgehead atoms. The summed E-state index contributed by atoms with van der Waals surface area (Å²) in [5.74, 6) is 0. The molecule has 0 unspecified atom stereocenters. The van der Waals surface area contributed by atoms with Gasteiger partial charge in [0.15, 0.2) is 0 Å². The Hall–Kier alpha value is -0.730. The van der Waals surface area contributed by atoms with E-state index >= 15 is 0 Å². The van der Waals surface area contributed by atoms with Crippen molar-refractivity contribution in [1.29, 1.82) is 0 Å². The van der Waals surface area contributed by atoms with E-state index in [-0.39, 0.29) is 0 Å². The molecule has 3 heteroatoms. The fourth-order valence-corrected chi connectivity index (χ4v) is 1.87. The Labute approximate surface area is 86.1 Å². The molecule has 1 nitrogen and oxygen atoms in total. The van der Waals surface area contributed by atoms with Crippen LogP contribution in [-0.4, -0.2) is 11.2 Å². The van der Waals surface area contributed by atoms with Crippen LogP contribution in [0.4, 0.5) is 0 Å². The second kappa shape index (κ2) is 3.56. The fraction of sp³-hybridized carbons (Fsp3) is 0.100. The van der Waals surface area contributed by atoms with Gasteiger partial charge in [0.1, 0.15) is 0 Å². The highest BCUT2D eigenvalue weighted by Crippen LogP contribution is 2.25. The van der Waals surface area contributed by atoms with E-state index < -0.39 is 0 Å². The van der Waals surface area contributed by atoms with Gasteiger partial charge in [0.05, 0.1) is 10.5 Å². The first-order chi connectivity index (χ1) is 6.31. The second-order valence-corrected chi connectivity index (χ2v) is 3.96. The van der Waals surface area contributed by atoms with Gasteiger partial charge in [0.2, 0.25) is 0 Å². The van der Waals surface area contributed by atoms with Gasteiger partial charge in [0, 0.05) is 16.5 Å². The van der Waals surface area contributed by atoms with Crippen molar-refractivity contribution >= 4 is 34.3 Å². The minimum absolute atomic E-state index is 0.762. The standard InChI is InChI=1S/C10H8ClNS/c1-13-7-2-3-8-9(11)4-5-12-10(8)6-7/h2-6H,1H3. The third-order valence-electron chi connectivity index (χ3n) is 1.90. The van der Waals surface area contributed by atoms with Crippen molar-refractivity contribution in [3.63, 3.8) is 0 Å². The number of halogens is 1. The molecule has 0 fully saturated rings. The van der Waals surface area contributed by atoms with Gasteiger partial charge in [0.25, 0.3) is 0 Å². The molecule has 1 aromatic heterocycles. The predicted molar refractivity (Wildman–Crippen MR) is 58.5 cm³/mol. The highest BCUT2D eigenvalue weighted by molar-refractivity contribution is 7.98. The molecule has 0 radical (unpaired) electrons. The minimum Gasteiger partial charge on any atom is -0.256 e. The Kier molecular flexibility index (Phi) is 2.42. The van der Waals surface area contributed by atoms with Crippen LogP contribution in [0.1, 0.15) is 0 Å². The third-order valence-corrected chi connectivity index (χ3v) is 2.95. The van der Waals surface area contributed by atoms with Crippen LogP contribution in [0.3, 0.4) is 0 Å². The zero-order valence-corrected chi connectivity index (χ0v) is 8.69. The molecule has 1 heterocycles. The second-order valence-electron chi connectivity index (χ2n) is 2.68. The average Bonchev–Trinajstić information content (AvgIpc) is 2.18. The monoisotopic (exact) mass is 209 g/mol. The summed E-state index contributed by atoms with van der Waals surface area (Å²) >= 11 is 7.71. The summed E-state index contributed by atoms with van der Waals surface area (Å²) in [7, 11) is 0. The predicted octanol–water partition coefficient (Wildman–Crippen LogP) is 3.61. The highest BCUT2D eigenvalue weighted by Gasteiger charge is 1.99. The van der Waals surface area contributed by atoms with Crippen LogP contribution in [0.2, 0.25) is 5.02 Å². The van der Waals surface area contributed by atoms with E-state index in [1.54, 1.807) is 18.0 Å². The first kappa shape index (κ1) is 8.85. The molecule has 13 heavy (non-hydrogen) atoms. The van der Waals surface area contributed by atoms with Crippen molar-refractivity contribution in [3.05, 3.63) is 35.5 Å². The lowest BCUT2D eigenvalue weighted by Crippen LogP contribution is -1.79. The van der Waals surface area contributed by atoms with Gasteiger partial charge < -0.3 is 0 Å². The zero-order chi connectivity index (χ0) is 9.26. The Morgan fingerprint density at radius 2 is 2.15 bits per heavy atom. The van der Waals surface area contributed by atoms with Gasteiger partial charge in [-0.05, 0) is 24.5 Å². The molecule has 0 atom stereocenters. The molecule has 0 aliphatic heterocycles. The van der Waals surface area contributed by atoms with Gasteiger partial charge in [-0.25, -0.2) is 0 Å². The number of pyridine rings is 1. The van der Waals surface area contributed by atoms with Crippen molar-refractivity contribution in [2.75, 3.05) is 6.26 Å².